The lowest BCUT2D eigenvalue weighted by Gasteiger charge is -2.20. The molecule has 1 aromatic carbocycles. The Labute approximate surface area is 134 Å². The van der Waals surface area contributed by atoms with Crippen molar-refractivity contribution in [2.45, 2.75) is 32.7 Å². The molecule has 124 valence electrons. The molecule has 0 saturated carbocycles. The SMILES string of the molecule is COc1ccc2c(CC(=O)OCC(=O)NC(C)(C)C)coc2c1. The van der Waals surface area contributed by atoms with Crippen LogP contribution >= 0.6 is 0 Å². The van der Waals surface area contributed by atoms with Crippen LogP contribution in [0.5, 0.6) is 5.75 Å². The Morgan fingerprint density at radius 2 is 2.00 bits per heavy atom. The van der Waals surface area contributed by atoms with E-state index in [0.717, 1.165) is 5.39 Å². The van der Waals surface area contributed by atoms with Gasteiger partial charge in [0, 0.05) is 22.6 Å². The van der Waals surface area contributed by atoms with Crippen LogP contribution in [0.1, 0.15) is 26.3 Å². The van der Waals surface area contributed by atoms with E-state index < -0.39 is 5.97 Å². The zero-order chi connectivity index (χ0) is 17.0. The van der Waals surface area contributed by atoms with Gasteiger partial charge in [0.05, 0.1) is 19.8 Å². The van der Waals surface area contributed by atoms with E-state index in [1.54, 1.807) is 19.2 Å². The van der Waals surface area contributed by atoms with Gasteiger partial charge in [0.1, 0.15) is 11.3 Å². The third-order valence-electron chi connectivity index (χ3n) is 3.08. The third-order valence-corrected chi connectivity index (χ3v) is 3.08. The van der Waals surface area contributed by atoms with E-state index >= 15 is 0 Å². The molecule has 0 aliphatic heterocycles. The number of amides is 1. The molecular weight excluding hydrogens is 298 g/mol. The maximum Gasteiger partial charge on any atom is 0.310 e. The first kappa shape index (κ1) is 16.9. The fraction of sp³-hybridized carbons (Fsp3) is 0.412. The van der Waals surface area contributed by atoms with Gasteiger partial charge in [0.15, 0.2) is 6.61 Å². The third kappa shape index (κ3) is 4.74. The van der Waals surface area contributed by atoms with Crippen molar-refractivity contribution >= 4 is 22.8 Å². The van der Waals surface area contributed by atoms with Gasteiger partial charge in [-0.1, -0.05) is 0 Å². The molecule has 1 N–H and O–H groups in total. The van der Waals surface area contributed by atoms with Crippen LogP contribution in [-0.2, 0) is 20.7 Å². The van der Waals surface area contributed by atoms with Crippen molar-refractivity contribution in [3.05, 3.63) is 30.0 Å². The van der Waals surface area contributed by atoms with Crippen LogP contribution in [0.3, 0.4) is 0 Å². The summed E-state index contributed by atoms with van der Waals surface area (Å²) >= 11 is 0. The molecule has 0 fully saturated rings. The van der Waals surface area contributed by atoms with Crippen molar-refractivity contribution < 1.29 is 23.5 Å². The first-order valence-corrected chi connectivity index (χ1v) is 7.29. The summed E-state index contributed by atoms with van der Waals surface area (Å²) in [7, 11) is 1.57. The number of benzene rings is 1. The van der Waals surface area contributed by atoms with Crippen molar-refractivity contribution in [3.63, 3.8) is 0 Å². The van der Waals surface area contributed by atoms with E-state index in [-0.39, 0.29) is 24.5 Å². The molecule has 2 aromatic rings. The zero-order valence-corrected chi connectivity index (χ0v) is 13.8. The average molecular weight is 319 g/mol. The number of ether oxygens (including phenoxy) is 2. The van der Waals surface area contributed by atoms with Crippen LogP contribution in [0.15, 0.2) is 28.9 Å². The van der Waals surface area contributed by atoms with Crippen LogP contribution in [-0.4, -0.2) is 31.1 Å². The summed E-state index contributed by atoms with van der Waals surface area (Å²) in [6, 6.07) is 5.37. The second-order valence-corrected chi connectivity index (χ2v) is 6.26. The van der Waals surface area contributed by atoms with Gasteiger partial charge in [0.2, 0.25) is 0 Å². The molecule has 1 aromatic heterocycles. The lowest BCUT2D eigenvalue weighted by atomic mass is 10.1. The second kappa shape index (κ2) is 6.73. The molecule has 0 aliphatic carbocycles. The average Bonchev–Trinajstić information content (AvgIpc) is 2.85. The van der Waals surface area contributed by atoms with Gasteiger partial charge in [-0.15, -0.1) is 0 Å². The highest BCUT2D eigenvalue weighted by atomic mass is 16.5. The lowest BCUT2D eigenvalue weighted by molar-refractivity contribution is -0.148. The number of hydrogen-bond acceptors (Lipinski definition) is 5. The van der Waals surface area contributed by atoms with Gasteiger partial charge in [-0.2, -0.15) is 0 Å². The van der Waals surface area contributed by atoms with Gasteiger partial charge in [-0.3, -0.25) is 9.59 Å². The molecule has 0 unspecified atom stereocenters. The number of methoxy groups -OCH3 is 1. The van der Waals surface area contributed by atoms with Crippen LogP contribution in [0.25, 0.3) is 11.0 Å². The van der Waals surface area contributed by atoms with E-state index in [4.69, 9.17) is 13.9 Å². The molecule has 0 aliphatic rings. The van der Waals surface area contributed by atoms with E-state index in [9.17, 15) is 9.59 Å². The molecule has 0 radical (unpaired) electrons. The number of carbonyl (C=O) groups excluding carboxylic acids is 2. The van der Waals surface area contributed by atoms with E-state index in [0.29, 0.717) is 16.9 Å². The number of rotatable bonds is 5. The van der Waals surface area contributed by atoms with Crippen molar-refractivity contribution in [1.82, 2.24) is 5.32 Å². The van der Waals surface area contributed by atoms with Crippen LogP contribution < -0.4 is 10.1 Å². The molecule has 1 amide bonds. The molecule has 0 bridgehead atoms. The van der Waals surface area contributed by atoms with Crippen molar-refractivity contribution in [2.24, 2.45) is 0 Å². The minimum Gasteiger partial charge on any atom is -0.497 e. The first-order valence-electron chi connectivity index (χ1n) is 7.29. The fourth-order valence-electron chi connectivity index (χ4n) is 2.13. The highest BCUT2D eigenvalue weighted by molar-refractivity contribution is 5.87. The van der Waals surface area contributed by atoms with E-state index in [1.807, 2.05) is 26.8 Å². The number of carbonyl (C=O) groups is 2. The summed E-state index contributed by atoms with van der Waals surface area (Å²) in [5.74, 6) is -0.125. The maximum atomic E-state index is 11.9. The molecule has 6 heteroatoms. The topological polar surface area (TPSA) is 77.8 Å². The lowest BCUT2D eigenvalue weighted by Crippen LogP contribution is -2.42. The summed E-state index contributed by atoms with van der Waals surface area (Å²) in [4.78, 5) is 23.5. The number of nitrogens with one attached hydrogen (secondary N) is 1. The highest BCUT2D eigenvalue weighted by Crippen LogP contribution is 2.25. The number of furan rings is 1. The van der Waals surface area contributed by atoms with Crippen molar-refractivity contribution in [1.29, 1.82) is 0 Å². The Kier molecular flexibility index (Phi) is 4.93. The van der Waals surface area contributed by atoms with Gasteiger partial charge in [-0.05, 0) is 32.9 Å². The molecule has 6 nitrogen and oxygen atoms in total. The summed E-state index contributed by atoms with van der Waals surface area (Å²) in [5, 5.41) is 3.55. The van der Waals surface area contributed by atoms with Gasteiger partial charge >= 0.3 is 5.97 Å². The predicted molar refractivity (Wildman–Crippen MR) is 85.3 cm³/mol. The maximum absolute atomic E-state index is 11.9. The molecular formula is C17H21NO5. The van der Waals surface area contributed by atoms with Crippen LogP contribution in [0, 0.1) is 0 Å². The first-order chi connectivity index (χ1) is 10.8. The van der Waals surface area contributed by atoms with Gasteiger partial charge < -0.3 is 19.2 Å². The normalized spacial score (nSPS) is 11.3. The smallest absolute Gasteiger partial charge is 0.310 e. The standard InChI is InChI=1S/C17H21NO5/c1-17(2,3)18-15(19)10-23-16(20)7-11-9-22-14-8-12(21-4)5-6-13(11)14/h5-6,8-9H,7,10H2,1-4H3,(H,18,19). The summed E-state index contributed by atoms with van der Waals surface area (Å²) in [6.07, 6.45) is 1.56. The molecule has 0 spiro atoms. The summed E-state index contributed by atoms with van der Waals surface area (Å²) in [6.45, 7) is 5.29. The molecule has 1 heterocycles. The second-order valence-electron chi connectivity index (χ2n) is 6.26. The summed E-state index contributed by atoms with van der Waals surface area (Å²) < 4.78 is 15.5. The largest absolute Gasteiger partial charge is 0.497 e. The predicted octanol–water partition coefficient (Wildman–Crippen LogP) is 2.44. The Hall–Kier alpha value is -2.50. The van der Waals surface area contributed by atoms with Gasteiger partial charge in [-0.25, -0.2) is 0 Å². The summed E-state index contributed by atoms with van der Waals surface area (Å²) in [5.41, 5.74) is 0.991. The van der Waals surface area contributed by atoms with Crippen LogP contribution in [0.4, 0.5) is 0 Å². The van der Waals surface area contributed by atoms with Gasteiger partial charge in [0.25, 0.3) is 5.91 Å². The van der Waals surface area contributed by atoms with Crippen LogP contribution in [0.2, 0.25) is 0 Å². The highest BCUT2D eigenvalue weighted by Gasteiger charge is 2.16. The Morgan fingerprint density at radius 1 is 1.26 bits per heavy atom. The molecule has 0 atom stereocenters. The minimum atomic E-state index is -0.479. The minimum absolute atomic E-state index is 0.0438. The monoisotopic (exact) mass is 319 g/mol. The number of esters is 1. The fourth-order valence-corrected chi connectivity index (χ4v) is 2.13. The zero-order valence-electron chi connectivity index (χ0n) is 13.8. The Morgan fingerprint density at radius 3 is 2.65 bits per heavy atom. The Balaban J connectivity index is 1.94. The van der Waals surface area contributed by atoms with Crippen molar-refractivity contribution in [2.75, 3.05) is 13.7 Å². The molecule has 23 heavy (non-hydrogen) atoms. The quantitative estimate of drug-likeness (QED) is 0.857. The van der Waals surface area contributed by atoms with Crippen molar-refractivity contribution in [3.8, 4) is 5.75 Å². The van der Waals surface area contributed by atoms with E-state index in [1.165, 1.54) is 6.26 Å². The van der Waals surface area contributed by atoms with E-state index in [2.05, 4.69) is 5.32 Å². The Bertz CT molecular complexity index is 711. The molecule has 2 rings (SSSR count). The molecule has 0 saturated heterocycles. The number of hydrogen-bond donors (Lipinski definition) is 1. The number of fused-ring (bicyclic) bond motifs is 1.